The molecule has 0 spiro atoms. The van der Waals surface area contributed by atoms with E-state index >= 15 is 0 Å². The number of hydrogen-bond acceptors (Lipinski definition) is 5. The minimum Gasteiger partial charge on any atom is -0.295 e. The number of nitrogens with zero attached hydrogens (tertiary/aromatic N) is 2. The smallest absolute Gasteiger partial charge is 0.270 e. The zero-order valence-corrected chi connectivity index (χ0v) is 13.9. The molecule has 6 heteroatoms. The van der Waals surface area contributed by atoms with Crippen LogP contribution in [-0.2, 0) is 4.79 Å². The number of ketones is 1. The molecule has 3 rings (SSSR count). The number of hydrogen-bond donors (Lipinski definition) is 0. The molecule has 0 aliphatic carbocycles. The predicted octanol–water partition coefficient (Wildman–Crippen LogP) is 3.69. The van der Waals surface area contributed by atoms with Crippen molar-refractivity contribution >= 4 is 51.8 Å². The van der Waals surface area contributed by atoms with Gasteiger partial charge in [0.25, 0.3) is 5.91 Å². The van der Waals surface area contributed by atoms with Gasteiger partial charge in [-0.15, -0.1) is 0 Å². The number of Topliss-reactive ketones (excluding diaryl/α,β-unsaturated/α-hetero) is 1. The van der Waals surface area contributed by atoms with E-state index in [1.54, 1.807) is 42.7 Å². The maximum Gasteiger partial charge on any atom is 0.270 e. The molecule has 1 aromatic carbocycles. The van der Waals surface area contributed by atoms with Gasteiger partial charge in [0.1, 0.15) is 0 Å². The number of carbonyl (C=O) groups is 2. The van der Waals surface area contributed by atoms with Crippen LogP contribution in [0.2, 0.25) is 0 Å². The van der Waals surface area contributed by atoms with Crippen LogP contribution in [-0.4, -0.2) is 21.0 Å². The summed E-state index contributed by atoms with van der Waals surface area (Å²) in [5, 5.41) is 0. The van der Waals surface area contributed by atoms with Gasteiger partial charge in [0, 0.05) is 18.0 Å². The lowest BCUT2D eigenvalue weighted by atomic mass is 10.1. The van der Waals surface area contributed by atoms with Crippen LogP contribution in [0.5, 0.6) is 0 Å². The molecule has 0 atom stereocenters. The molecule has 4 nitrogen and oxygen atoms in total. The Bertz CT molecular complexity index is 831. The van der Waals surface area contributed by atoms with E-state index in [1.165, 1.54) is 23.6 Å². The van der Waals surface area contributed by atoms with Crippen molar-refractivity contribution in [1.82, 2.24) is 4.98 Å². The lowest BCUT2D eigenvalue weighted by molar-refractivity contribution is -0.113. The molecule has 1 aromatic heterocycles. The van der Waals surface area contributed by atoms with Crippen LogP contribution in [0.3, 0.4) is 0 Å². The fraction of sp³-hybridized carbons (Fsp3) is 0.0588. The lowest BCUT2D eigenvalue weighted by Crippen LogP contribution is -2.27. The lowest BCUT2D eigenvalue weighted by Gasteiger charge is -2.15. The highest BCUT2D eigenvalue weighted by Gasteiger charge is 2.33. The Morgan fingerprint density at radius 3 is 2.83 bits per heavy atom. The summed E-state index contributed by atoms with van der Waals surface area (Å²) in [7, 11) is 0. The molecular weight excluding hydrogens is 328 g/mol. The molecule has 2 heterocycles. The quantitative estimate of drug-likeness (QED) is 0.484. The molecular formula is C17H12N2O2S2. The molecule has 114 valence electrons. The fourth-order valence-corrected chi connectivity index (χ4v) is 3.47. The third kappa shape index (κ3) is 3.23. The van der Waals surface area contributed by atoms with Crippen LogP contribution in [0.1, 0.15) is 22.8 Å². The van der Waals surface area contributed by atoms with Crippen molar-refractivity contribution in [2.75, 3.05) is 4.90 Å². The number of thiocarbonyl (C=S) groups is 1. The van der Waals surface area contributed by atoms with Gasteiger partial charge in [-0.2, -0.15) is 0 Å². The zero-order valence-electron chi connectivity index (χ0n) is 12.2. The number of anilines is 1. The molecule has 1 aliphatic heterocycles. The molecule has 1 saturated heterocycles. The van der Waals surface area contributed by atoms with Gasteiger partial charge in [0.05, 0.1) is 10.6 Å². The van der Waals surface area contributed by atoms with Crippen molar-refractivity contribution in [1.29, 1.82) is 0 Å². The van der Waals surface area contributed by atoms with E-state index < -0.39 is 0 Å². The largest absolute Gasteiger partial charge is 0.295 e. The highest BCUT2D eigenvalue weighted by Crippen LogP contribution is 2.36. The van der Waals surface area contributed by atoms with Crippen LogP contribution in [0.15, 0.2) is 53.7 Å². The number of benzene rings is 1. The molecule has 0 N–H and O–H groups in total. The summed E-state index contributed by atoms with van der Waals surface area (Å²) < 4.78 is 0.450. The van der Waals surface area contributed by atoms with E-state index in [-0.39, 0.29) is 11.7 Å². The zero-order chi connectivity index (χ0) is 16.4. The maximum atomic E-state index is 12.6. The van der Waals surface area contributed by atoms with Crippen molar-refractivity contribution in [3.63, 3.8) is 0 Å². The van der Waals surface area contributed by atoms with Crippen LogP contribution < -0.4 is 4.90 Å². The van der Waals surface area contributed by atoms with Crippen molar-refractivity contribution in [2.45, 2.75) is 6.92 Å². The summed E-state index contributed by atoms with van der Waals surface area (Å²) in [4.78, 5) is 30.2. The van der Waals surface area contributed by atoms with Gasteiger partial charge in [0.15, 0.2) is 10.1 Å². The van der Waals surface area contributed by atoms with E-state index in [2.05, 4.69) is 4.98 Å². The minimum absolute atomic E-state index is 0.0526. The number of carbonyl (C=O) groups excluding carboxylic acids is 2. The summed E-state index contributed by atoms with van der Waals surface area (Å²) in [6.07, 6.45) is 5.12. The first-order chi connectivity index (χ1) is 11.1. The normalized spacial score (nSPS) is 16.2. The first-order valence-electron chi connectivity index (χ1n) is 6.85. The summed E-state index contributed by atoms with van der Waals surface area (Å²) in [6, 6.07) is 10.6. The Hall–Kier alpha value is -2.31. The monoisotopic (exact) mass is 340 g/mol. The van der Waals surface area contributed by atoms with Gasteiger partial charge in [-0.25, -0.2) is 0 Å². The second-order valence-corrected chi connectivity index (χ2v) is 6.59. The summed E-state index contributed by atoms with van der Waals surface area (Å²) in [5.74, 6) is -0.243. The molecule has 0 saturated carbocycles. The number of amides is 1. The van der Waals surface area contributed by atoms with Crippen LogP contribution in [0.4, 0.5) is 5.69 Å². The molecule has 1 amide bonds. The topological polar surface area (TPSA) is 50.3 Å². The first kappa shape index (κ1) is 15.6. The summed E-state index contributed by atoms with van der Waals surface area (Å²) >= 11 is 6.57. The first-order valence-corrected chi connectivity index (χ1v) is 8.08. The number of thioether (sulfide) groups is 1. The molecule has 2 aromatic rings. The third-order valence-corrected chi connectivity index (χ3v) is 4.59. The van der Waals surface area contributed by atoms with Gasteiger partial charge in [-0.1, -0.05) is 42.2 Å². The highest BCUT2D eigenvalue weighted by molar-refractivity contribution is 8.27. The van der Waals surface area contributed by atoms with Gasteiger partial charge >= 0.3 is 0 Å². The van der Waals surface area contributed by atoms with Crippen LogP contribution >= 0.6 is 24.0 Å². The standard InChI is InChI=1S/C17H12N2O2S2/c1-11(20)13-5-2-6-14(9-13)19-16(21)15(23-17(19)22)8-12-4-3-7-18-10-12/h2-10H,1H3/b15-8-. The van der Waals surface area contributed by atoms with Crippen molar-refractivity contribution < 1.29 is 9.59 Å². The Morgan fingerprint density at radius 2 is 2.13 bits per heavy atom. The predicted molar refractivity (Wildman–Crippen MR) is 96.3 cm³/mol. The van der Waals surface area contributed by atoms with Crippen LogP contribution in [0, 0.1) is 0 Å². The third-order valence-electron chi connectivity index (χ3n) is 3.29. The van der Waals surface area contributed by atoms with Crippen LogP contribution in [0.25, 0.3) is 6.08 Å². The number of pyridine rings is 1. The summed E-state index contributed by atoms with van der Waals surface area (Å²) in [6.45, 7) is 1.49. The van der Waals surface area contributed by atoms with E-state index in [9.17, 15) is 9.59 Å². The average Bonchev–Trinajstić information content (AvgIpc) is 2.82. The van der Waals surface area contributed by atoms with Gasteiger partial charge in [0.2, 0.25) is 0 Å². The Morgan fingerprint density at radius 1 is 1.30 bits per heavy atom. The second-order valence-electron chi connectivity index (χ2n) is 4.91. The average molecular weight is 340 g/mol. The fourth-order valence-electron chi connectivity index (χ4n) is 2.17. The minimum atomic E-state index is -0.190. The molecule has 1 fully saturated rings. The van der Waals surface area contributed by atoms with Crippen molar-refractivity contribution in [2.24, 2.45) is 0 Å². The number of aromatic nitrogens is 1. The van der Waals surface area contributed by atoms with Crippen molar-refractivity contribution in [3.8, 4) is 0 Å². The van der Waals surface area contributed by atoms with E-state index in [0.717, 1.165) is 5.56 Å². The molecule has 23 heavy (non-hydrogen) atoms. The molecule has 1 aliphatic rings. The summed E-state index contributed by atoms with van der Waals surface area (Å²) in [5.41, 5.74) is 1.99. The van der Waals surface area contributed by atoms with Gasteiger partial charge in [-0.3, -0.25) is 19.5 Å². The van der Waals surface area contributed by atoms with Gasteiger partial charge < -0.3 is 0 Å². The highest BCUT2D eigenvalue weighted by atomic mass is 32.2. The Kier molecular flexibility index (Phi) is 4.36. The van der Waals surface area contributed by atoms with Gasteiger partial charge in [-0.05, 0) is 36.8 Å². The Balaban J connectivity index is 1.95. The van der Waals surface area contributed by atoms with E-state index in [1.807, 2.05) is 12.1 Å². The van der Waals surface area contributed by atoms with Crippen molar-refractivity contribution in [3.05, 3.63) is 64.8 Å². The van der Waals surface area contributed by atoms with E-state index in [0.29, 0.717) is 20.5 Å². The maximum absolute atomic E-state index is 12.6. The molecule has 0 radical (unpaired) electrons. The second kappa shape index (κ2) is 6.44. The molecule has 0 unspecified atom stereocenters. The molecule has 0 bridgehead atoms. The van der Waals surface area contributed by atoms with E-state index in [4.69, 9.17) is 12.2 Å². The Labute approximate surface area is 143 Å². The number of rotatable bonds is 3. The SMILES string of the molecule is CC(=O)c1cccc(N2C(=O)/C(=C/c3cccnc3)SC2=S)c1.